The SMILES string of the molecule is Cc1cc(C(=O)N2CCCC[C@H]2C(=O)NC2CCCCC2)c(C)o1. The van der Waals surface area contributed by atoms with Crippen LogP contribution in [0.15, 0.2) is 10.5 Å². The molecule has 3 rings (SSSR count). The number of piperidine rings is 1. The van der Waals surface area contributed by atoms with Crippen molar-refractivity contribution in [2.45, 2.75) is 77.3 Å². The fourth-order valence-electron chi connectivity index (χ4n) is 3.99. The van der Waals surface area contributed by atoms with Crippen LogP contribution in [0.2, 0.25) is 0 Å². The number of likely N-dealkylation sites (tertiary alicyclic amines) is 1. The molecule has 0 radical (unpaired) electrons. The third-order valence-electron chi connectivity index (χ3n) is 5.29. The molecule has 2 aliphatic rings. The van der Waals surface area contributed by atoms with Gasteiger partial charge in [-0.3, -0.25) is 9.59 Å². The van der Waals surface area contributed by atoms with Crippen LogP contribution >= 0.6 is 0 Å². The number of carbonyl (C=O) groups is 2. The first-order chi connectivity index (χ1) is 11.6. The van der Waals surface area contributed by atoms with Gasteiger partial charge in [0, 0.05) is 12.6 Å². The van der Waals surface area contributed by atoms with E-state index in [1.807, 2.05) is 6.92 Å². The summed E-state index contributed by atoms with van der Waals surface area (Å²) in [5.41, 5.74) is 0.588. The Labute approximate surface area is 143 Å². The molecule has 1 saturated heterocycles. The van der Waals surface area contributed by atoms with Crippen molar-refractivity contribution >= 4 is 11.8 Å². The van der Waals surface area contributed by atoms with E-state index in [2.05, 4.69) is 5.32 Å². The smallest absolute Gasteiger partial charge is 0.258 e. The molecule has 2 heterocycles. The van der Waals surface area contributed by atoms with E-state index in [9.17, 15) is 9.59 Å². The summed E-state index contributed by atoms with van der Waals surface area (Å²) in [5.74, 6) is 1.31. The first-order valence-corrected chi connectivity index (χ1v) is 9.24. The lowest BCUT2D eigenvalue weighted by Crippen LogP contribution is -2.54. The van der Waals surface area contributed by atoms with Crippen LogP contribution in [-0.4, -0.2) is 35.3 Å². The van der Waals surface area contributed by atoms with E-state index in [-0.39, 0.29) is 23.9 Å². The average Bonchev–Trinajstić information content (AvgIpc) is 2.93. The zero-order chi connectivity index (χ0) is 17.1. The zero-order valence-corrected chi connectivity index (χ0v) is 14.8. The van der Waals surface area contributed by atoms with Gasteiger partial charge in [0.1, 0.15) is 17.6 Å². The molecule has 2 amide bonds. The Balaban J connectivity index is 1.71. The minimum Gasteiger partial charge on any atom is -0.466 e. The third-order valence-corrected chi connectivity index (χ3v) is 5.29. The summed E-state index contributed by atoms with van der Waals surface area (Å²) >= 11 is 0. The Hall–Kier alpha value is -1.78. The normalized spacial score (nSPS) is 22.4. The van der Waals surface area contributed by atoms with Crippen LogP contribution in [0.5, 0.6) is 0 Å². The second-order valence-corrected chi connectivity index (χ2v) is 7.18. The van der Waals surface area contributed by atoms with Gasteiger partial charge in [0.25, 0.3) is 5.91 Å². The van der Waals surface area contributed by atoms with Crippen LogP contribution in [0.3, 0.4) is 0 Å². The maximum Gasteiger partial charge on any atom is 0.258 e. The van der Waals surface area contributed by atoms with E-state index in [0.29, 0.717) is 17.9 Å². The molecule has 1 aromatic heterocycles. The van der Waals surface area contributed by atoms with Crippen molar-refractivity contribution in [1.29, 1.82) is 0 Å². The van der Waals surface area contributed by atoms with E-state index in [4.69, 9.17) is 4.42 Å². The first-order valence-electron chi connectivity index (χ1n) is 9.24. The van der Waals surface area contributed by atoms with Crippen LogP contribution in [0.25, 0.3) is 0 Å². The standard InChI is InChI=1S/C19H28N2O3/c1-13-12-16(14(2)24-13)19(23)21-11-7-6-10-17(21)18(22)20-15-8-4-3-5-9-15/h12,15,17H,3-11H2,1-2H3,(H,20,22)/t17-/m0/s1. The molecule has 2 fully saturated rings. The number of carbonyl (C=O) groups excluding carboxylic acids is 2. The molecular weight excluding hydrogens is 304 g/mol. The monoisotopic (exact) mass is 332 g/mol. The first kappa shape index (κ1) is 17.1. The van der Waals surface area contributed by atoms with Crippen LogP contribution in [0.4, 0.5) is 0 Å². The van der Waals surface area contributed by atoms with E-state index >= 15 is 0 Å². The molecule has 1 aromatic rings. The number of aryl methyl sites for hydroxylation is 2. The molecule has 1 N–H and O–H groups in total. The van der Waals surface area contributed by atoms with Crippen LogP contribution < -0.4 is 5.32 Å². The van der Waals surface area contributed by atoms with Crippen molar-refractivity contribution in [2.24, 2.45) is 0 Å². The molecule has 5 nitrogen and oxygen atoms in total. The lowest BCUT2D eigenvalue weighted by Gasteiger charge is -2.36. The zero-order valence-electron chi connectivity index (χ0n) is 14.8. The van der Waals surface area contributed by atoms with Gasteiger partial charge in [-0.25, -0.2) is 0 Å². The molecule has 0 unspecified atom stereocenters. The van der Waals surface area contributed by atoms with Crippen molar-refractivity contribution in [3.63, 3.8) is 0 Å². The minimum atomic E-state index is -0.345. The quantitative estimate of drug-likeness (QED) is 0.923. The molecular formula is C19H28N2O3. The number of nitrogens with one attached hydrogen (secondary N) is 1. The average molecular weight is 332 g/mol. The fraction of sp³-hybridized carbons (Fsp3) is 0.684. The number of rotatable bonds is 3. The highest BCUT2D eigenvalue weighted by molar-refractivity contribution is 5.98. The molecule has 1 aliphatic carbocycles. The predicted octanol–water partition coefficient (Wildman–Crippen LogP) is 3.34. The van der Waals surface area contributed by atoms with E-state index in [1.54, 1.807) is 17.9 Å². The van der Waals surface area contributed by atoms with Gasteiger partial charge >= 0.3 is 0 Å². The van der Waals surface area contributed by atoms with Crippen molar-refractivity contribution in [2.75, 3.05) is 6.54 Å². The predicted molar refractivity (Wildman–Crippen MR) is 91.9 cm³/mol. The van der Waals surface area contributed by atoms with Gasteiger partial charge in [-0.15, -0.1) is 0 Å². The number of hydrogen-bond donors (Lipinski definition) is 1. The Morgan fingerprint density at radius 1 is 1.08 bits per heavy atom. The maximum absolute atomic E-state index is 12.9. The Kier molecular flexibility index (Phi) is 5.27. The Morgan fingerprint density at radius 2 is 1.79 bits per heavy atom. The molecule has 24 heavy (non-hydrogen) atoms. The Morgan fingerprint density at radius 3 is 2.46 bits per heavy atom. The van der Waals surface area contributed by atoms with Crippen LogP contribution in [-0.2, 0) is 4.79 Å². The number of amides is 2. The fourth-order valence-corrected chi connectivity index (χ4v) is 3.99. The lowest BCUT2D eigenvalue weighted by molar-refractivity contribution is -0.127. The number of hydrogen-bond acceptors (Lipinski definition) is 3. The highest BCUT2D eigenvalue weighted by Crippen LogP contribution is 2.24. The van der Waals surface area contributed by atoms with Gasteiger partial charge in [-0.05, 0) is 52.0 Å². The minimum absolute atomic E-state index is 0.0211. The van der Waals surface area contributed by atoms with Crippen LogP contribution in [0.1, 0.15) is 73.2 Å². The summed E-state index contributed by atoms with van der Waals surface area (Å²) in [7, 11) is 0. The van der Waals surface area contributed by atoms with Crippen molar-refractivity contribution < 1.29 is 14.0 Å². The topological polar surface area (TPSA) is 62.6 Å². The second-order valence-electron chi connectivity index (χ2n) is 7.18. The summed E-state index contributed by atoms with van der Waals surface area (Å²) in [6, 6.07) is 1.72. The largest absolute Gasteiger partial charge is 0.466 e. The molecule has 1 saturated carbocycles. The van der Waals surface area contributed by atoms with Gasteiger partial charge in [-0.1, -0.05) is 19.3 Å². The molecule has 5 heteroatoms. The van der Waals surface area contributed by atoms with Crippen LogP contribution in [0, 0.1) is 13.8 Å². The summed E-state index contributed by atoms with van der Waals surface area (Å²) in [6.07, 6.45) is 8.46. The van der Waals surface area contributed by atoms with Gasteiger partial charge < -0.3 is 14.6 Å². The number of furan rings is 1. The molecule has 0 bridgehead atoms. The van der Waals surface area contributed by atoms with Gasteiger partial charge in [-0.2, -0.15) is 0 Å². The van der Waals surface area contributed by atoms with E-state index < -0.39 is 0 Å². The molecule has 132 valence electrons. The summed E-state index contributed by atoms with van der Waals surface area (Å²) in [5, 5.41) is 3.19. The summed E-state index contributed by atoms with van der Waals surface area (Å²) in [4.78, 5) is 27.5. The molecule has 0 aromatic carbocycles. The highest BCUT2D eigenvalue weighted by atomic mass is 16.3. The summed E-state index contributed by atoms with van der Waals surface area (Å²) < 4.78 is 5.50. The van der Waals surface area contributed by atoms with Crippen molar-refractivity contribution in [3.8, 4) is 0 Å². The summed E-state index contributed by atoms with van der Waals surface area (Å²) in [6.45, 7) is 4.29. The lowest BCUT2D eigenvalue weighted by atomic mass is 9.94. The molecule has 1 atom stereocenters. The second kappa shape index (κ2) is 7.41. The number of nitrogens with zero attached hydrogens (tertiary/aromatic N) is 1. The Bertz CT molecular complexity index is 602. The molecule has 1 aliphatic heterocycles. The third kappa shape index (κ3) is 3.65. The highest BCUT2D eigenvalue weighted by Gasteiger charge is 2.34. The van der Waals surface area contributed by atoms with Gasteiger partial charge in [0.05, 0.1) is 5.56 Å². The van der Waals surface area contributed by atoms with Crippen molar-refractivity contribution in [3.05, 3.63) is 23.2 Å². The van der Waals surface area contributed by atoms with Gasteiger partial charge in [0.2, 0.25) is 5.91 Å². The maximum atomic E-state index is 12.9. The molecule has 0 spiro atoms. The van der Waals surface area contributed by atoms with Crippen molar-refractivity contribution in [1.82, 2.24) is 10.2 Å². The van der Waals surface area contributed by atoms with Gasteiger partial charge in [0.15, 0.2) is 0 Å². The van der Waals surface area contributed by atoms with E-state index in [1.165, 1.54) is 19.3 Å². The van der Waals surface area contributed by atoms with E-state index in [0.717, 1.165) is 37.9 Å².